The van der Waals surface area contributed by atoms with E-state index in [9.17, 15) is 9.59 Å². The fourth-order valence-corrected chi connectivity index (χ4v) is 2.54. The number of carbonyl (C=O) groups excluding carboxylic acids is 2. The van der Waals surface area contributed by atoms with E-state index in [1.54, 1.807) is 20.0 Å². The van der Waals surface area contributed by atoms with Crippen molar-refractivity contribution in [1.29, 1.82) is 0 Å². The Hall–Kier alpha value is -2.36. The lowest BCUT2D eigenvalue weighted by Gasteiger charge is -2.18. The lowest BCUT2D eigenvalue weighted by Crippen LogP contribution is -2.19. The molecular weight excluding hydrogens is 290 g/mol. The molecule has 122 valence electrons. The number of methoxy groups -OCH3 is 1. The quantitative estimate of drug-likeness (QED) is 0.622. The van der Waals surface area contributed by atoms with Crippen LogP contribution in [-0.4, -0.2) is 30.9 Å². The average molecular weight is 313 g/mol. The molecule has 1 heterocycles. The SMILES string of the molecule is COC(=O)C1=C(C)N(C)C(=O)/C1=C\c1ccc(C(C)(C)C)cc1. The fraction of sp³-hybridized carbons (Fsp3) is 0.368. The number of esters is 1. The van der Waals surface area contributed by atoms with Crippen LogP contribution in [0.1, 0.15) is 38.8 Å². The molecule has 0 unspecified atom stereocenters. The Balaban J connectivity index is 2.45. The van der Waals surface area contributed by atoms with Gasteiger partial charge in [-0.3, -0.25) is 4.79 Å². The summed E-state index contributed by atoms with van der Waals surface area (Å²) < 4.78 is 4.82. The molecule has 23 heavy (non-hydrogen) atoms. The van der Waals surface area contributed by atoms with Crippen molar-refractivity contribution in [3.8, 4) is 0 Å². The number of amides is 1. The largest absolute Gasteiger partial charge is 0.465 e. The molecule has 0 fully saturated rings. The topological polar surface area (TPSA) is 46.6 Å². The highest BCUT2D eigenvalue weighted by molar-refractivity contribution is 6.16. The van der Waals surface area contributed by atoms with E-state index in [-0.39, 0.29) is 11.3 Å². The summed E-state index contributed by atoms with van der Waals surface area (Å²) in [4.78, 5) is 25.9. The van der Waals surface area contributed by atoms with Gasteiger partial charge < -0.3 is 9.64 Å². The number of hydrogen-bond donors (Lipinski definition) is 0. The Morgan fingerprint density at radius 3 is 2.22 bits per heavy atom. The third kappa shape index (κ3) is 3.21. The van der Waals surface area contributed by atoms with E-state index < -0.39 is 5.97 Å². The molecule has 0 atom stereocenters. The van der Waals surface area contributed by atoms with Crippen LogP contribution in [0.2, 0.25) is 0 Å². The van der Waals surface area contributed by atoms with Crippen molar-refractivity contribution in [3.63, 3.8) is 0 Å². The molecule has 0 radical (unpaired) electrons. The molecule has 1 aliphatic rings. The number of rotatable bonds is 2. The highest BCUT2D eigenvalue weighted by Crippen LogP contribution is 2.30. The molecule has 0 spiro atoms. The van der Waals surface area contributed by atoms with Crippen LogP contribution >= 0.6 is 0 Å². The number of likely N-dealkylation sites (N-methyl/N-ethyl adjacent to an activating group) is 1. The summed E-state index contributed by atoms with van der Waals surface area (Å²) in [6.07, 6.45) is 1.74. The molecule has 0 bridgehead atoms. The van der Waals surface area contributed by atoms with Gasteiger partial charge in [0.15, 0.2) is 0 Å². The zero-order chi connectivity index (χ0) is 17.4. The molecule has 1 aromatic carbocycles. The van der Waals surface area contributed by atoms with Gasteiger partial charge in [0.1, 0.15) is 0 Å². The Morgan fingerprint density at radius 2 is 1.74 bits per heavy atom. The minimum atomic E-state index is -0.488. The van der Waals surface area contributed by atoms with Gasteiger partial charge in [-0.2, -0.15) is 0 Å². The van der Waals surface area contributed by atoms with Gasteiger partial charge in [0, 0.05) is 12.7 Å². The highest BCUT2D eigenvalue weighted by Gasteiger charge is 2.34. The molecule has 4 heteroatoms. The van der Waals surface area contributed by atoms with E-state index in [4.69, 9.17) is 4.74 Å². The number of hydrogen-bond acceptors (Lipinski definition) is 3. The normalized spacial score (nSPS) is 17.2. The number of ether oxygens (including phenoxy) is 1. The first-order valence-electron chi connectivity index (χ1n) is 7.56. The summed E-state index contributed by atoms with van der Waals surface area (Å²) in [5.74, 6) is -0.680. The predicted molar refractivity (Wildman–Crippen MR) is 90.6 cm³/mol. The maximum absolute atomic E-state index is 12.4. The van der Waals surface area contributed by atoms with E-state index in [0.717, 1.165) is 5.56 Å². The number of nitrogens with zero attached hydrogens (tertiary/aromatic N) is 1. The molecule has 0 aromatic heterocycles. The van der Waals surface area contributed by atoms with Gasteiger partial charge in [0.2, 0.25) is 0 Å². The molecular formula is C19H23NO3. The third-order valence-corrected chi connectivity index (χ3v) is 4.15. The van der Waals surface area contributed by atoms with Crippen LogP contribution < -0.4 is 0 Å². The van der Waals surface area contributed by atoms with Crippen molar-refractivity contribution >= 4 is 18.0 Å². The molecule has 0 saturated heterocycles. The van der Waals surface area contributed by atoms with Gasteiger partial charge in [-0.1, -0.05) is 45.0 Å². The van der Waals surface area contributed by atoms with Gasteiger partial charge in [-0.25, -0.2) is 4.79 Å². The lowest BCUT2D eigenvalue weighted by atomic mass is 9.86. The van der Waals surface area contributed by atoms with Crippen molar-refractivity contribution in [3.05, 3.63) is 52.2 Å². The van der Waals surface area contributed by atoms with Gasteiger partial charge in [0.05, 0.1) is 18.3 Å². The lowest BCUT2D eigenvalue weighted by molar-refractivity contribution is -0.136. The maximum atomic E-state index is 12.4. The van der Waals surface area contributed by atoms with Crippen LogP contribution in [0.25, 0.3) is 6.08 Å². The Morgan fingerprint density at radius 1 is 1.17 bits per heavy atom. The van der Waals surface area contributed by atoms with Crippen molar-refractivity contribution in [1.82, 2.24) is 4.90 Å². The van der Waals surface area contributed by atoms with E-state index in [0.29, 0.717) is 16.8 Å². The van der Waals surface area contributed by atoms with Crippen LogP contribution in [0, 0.1) is 0 Å². The van der Waals surface area contributed by atoms with Crippen LogP contribution in [0.3, 0.4) is 0 Å². The molecule has 0 aliphatic carbocycles. The summed E-state index contributed by atoms with van der Waals surface area (Å²) in [6, 6.07) is 8.01. The Labute approximate surface area is 137 Å². The summed E-state index contributed by atoms with van der Waals surface area (Å²) >= 11 is 0. The van der Waals surface area contributed by atoms with Crippen molar-refractivity contribution in [2.45, 2.75) is 33.1 Å². The highest BCUT2D eigenvalue weighted by atomic mass is 16.5. The van der Waals surface area contributed by atoms with Gasteiger partial charge in [-0.15, -0.1) is 0 Å². The van der Waals surface area contributed by atoms with Crippen LogP contribution in [0.4, 0.5) is 0 Å². The number of carbonyl (C=O) groups is 2. The first-order valence-corrected chi connectivity index (χ1v) is 7.56. The fourth-order valence-electron chi connectivity index (χ4n) is 2.54. The molecule has 0 N–H and O–H groups in total. The van der Waals surface area contributed by atoms with Gasteiger partial charge in [-0.05, 0) is 29.5 Å². The monoisotopic (exact) mass is 313 g/mol. The minimum absolute atomic E-state index is 0.0722. The predicted octanol–water partition coefficient (Wildman–Crippen LogP) is 3.29. The number of benzene rings is 1. The second kappa shape index (κ2) is 6.03. The van der Waals surface area contributed by atoms with E-state index in [1.165, 1.54) is 17.6 Å². The first kappa shape index (κ1) is 17.0. The van der Waals surface area contributed by atoms with Crippen molar-refractivity contribution in [2.75, 3.05) is 14.2 Å². The van der Waals surface area contributed by atoms with Crippen LogP contribution in [0.5, 0.6) is 0 Å². The molecule has 2 rings (SSSR count). The molecule has 4 nitrogen and oxygen atoms in total. The average Bonchev–Trinajstić information content (AvgIpc) is 2.71. The van der Waals surface area contributed by atoms with Crippen LogP contribution in [0.15, 0.2) is 41.1 Å². The Bertz CT molecular complexity index is 703. The van der Waals surface area contributed by atoms with Crippen molar-refractivity contribution < 1.29 is 14.3 Å². The zero-order valence-electron chi connectivity index (χ0n) is 14.6. The standard InChI is InChI=1S/C19H23NO3/c1-12-16(18(22)23-6)15(17(21)20(12)5)11-13-7-9-14(10-8-13)19(2,3)4/h7-11H,1-6H3/b15-11-. The minimum Gasteiger partial charge on any atom is -0.465 e. The van der Waals surface area contributed by atoms with Gasteiger partial charge >= 0.3 is 5.97 Å². The summed E-state index contributed by atoms with van der Waals surface area (Å²) in [6.45, 7) is 8.19. The van der Waals surface area contributed by atoms with Gasteiger partial charge in [0.25, 0.3) is 5.91 Å². The van der Waals surface area contributed by atoms with Crippen molar-refractivity contribution in [2.24, 2.45) is 0 Å². The molecule has 1 aliphatic heterocycles. The zero-order valence-corrected chi connectivity index (χ0v) is 14.6. The molecule has 1 aromatic rings. The number of allylic oxidation sites excluding steroid dienone is 1. The maximum Gasteiger partial charge on any atom is 0.340 e. The van der Waals surface area contributed by atoms with Crippen LogP contribution in [-0.2, 0) is 19.7 Å². The van der Waals surface area contributed by atoms with E-state index in [1.807, 2.05) is 24.3 Å². The smallest absolute Gasteiger partial charge is 0.340 e. The second-order valence-electron chi connectivity index (χ2n) is 6.75. The van der Waals surface area contributed by atoms with E-state index in [2.05, 4.69) is 20.8 Å². The molecule has 1 amide bonds. The second-order valence-corrected chi connectivity index (χ2v) is 6.75. The summed E-state index contributed by atoms with van der Waals surface area (Å²) in [5.41, 5.74) is 3.49. The summed E-state index contributed by atoms with van der Waals surface area (Å²) in [7, 11) is 2.98. The third-order valence-electron chi connectivity index (χ3n) is 4.15. The first-order chi connectivity index (χ1) is 10.7. The Kier molecular flexibility index (Phi) is 4.46. The molecule has 0 saturated carbocycles. The van der Waals surface area contributed by atoms with E-state index >= 15 is 0 Å². The summed E-state index contributed by atoms with van der Waals surface area (Å²) in [5, 5.41) is 0.